The number of nitrogens with zero attached hydrogens (tertiary/aromatic N) is 5. The lowest BCUT2D eigenvalue weighted by Gasteiger charge is -2.36. The Hall–Kier alpha value is -3.78. The van der Waals surface area contributed by atoms with Crippen LogP contribution in [-0.4, -0.2) is 51.3 Å². The molecule has 5 rings (SSSR count). The van der Waals surface area contributed by atoms with Crippen LogP contribution in [-0.2, 0) is 4.74 Å². The van der Waals surface area contributed by atoms with E-state index in [0.29, 0.717) is 30.1 Å². The normalized spacial score (nSPS) is 16.4. The Morgan fingerprint density at radius 2 is 2.03 bits per heavy atom. The second-order valence-corrected chi connectivity index (χ2v) is 7.47. The summed E-state index contributed by atoms with van der Waals surface area (Å²) in [4.78, 5) is 24.3. The fourth-order valence-electron chi connectivity index (χ4n) is 3.83. The summed E-state index contributed by atoms with van der Waals surface area (Å²) in [5.41, 5.74) is 4.27. The summed E-state index contributed by atoms with van der Waals surface area (Å²) < 4.78 is 7.18. The molecule has 8 heteroatoms. The van der Waals surface area contributed by atoms with Crippen LogP contribution in [0, 0.1) is 0 Å². The Morgan fingerprint density at radius 3 is 2.87 bits per heavy atom. The van der Waals surface area contributed by atoms with Gasteiger partial charge in [0.1, 0.15) is 0 Å². The number of carbonyl (C=O) groups is 1. The van der Waals surface area contributed by atoms with Crippen molar-refractivity contribution in [3.8, 4) is 11.3 Å². The molecule has 1 N–H and O–H groups in total. The molecule has 4 aromatic rings. The fourth-order valence-corrected chi connectivity index (χ4v) is 3.83. The van der Waals surface area contributed by atoms with E-state index in [4.69, 9.17) is 4.74 Å². The highest BCUT2D eigenvalue weighted by atomic mass is 16.5. The summed E-state index contributed by atoms with van der Waals surface area (Å²) >= 11 is 0. The maximum atomic E-state index is 13.2. The van der Waals surface area contributed by atoms with E-state index in [1.54, 1.807) is 29.2 Å². The van der Waals surface area contributed by atoms with Crippen molar-refractivity contribution in [3.05, 3.63) is 72.8 Å². The van der Waals surface area contributed by atoms with E-state index in [1.165, 1.54) is 0 Å². The minimum Gasteiger partial charge on any atom is -0.377 e. The molecule has 0 saturated carbocycles. The molecule has 0 bridgehead atoms. The van der Waals surface area contributed by atoms with Crippen LogP contribution < -0.4 is 10.2 Å². The first kappa shape index (κ1) is 19.2. The molecule has 1 fully saturated rings. The summed E-state index contributed by atoms with van der Waals surface area (Å²) in [6.07, 6.45) is 6.84. The van der Waals surface area contributed by atoms with Crippen molar-refractivity contribution in [1.29, 1.82) is 0 Å². The fraction of sp³-hybridized carbons (Fsp3) is 0.217. The van der Waals surface area contributed by atoms with Gasteiger partial charge in [-0.3, -0.25) is 9.78 Å². The molecule has 1 aliphatic rings. The number of morpholine rings is 1. The number of hydrogen-bond acceptors (Lipinski definition) is 6. The minimum absolute atomic E-state index is 0.208. The minimum atomic E-state index is -0.257. The quantitative estimate of drug-likeness (QED) is 0.552. The average Bonchev–Trinajstić information content (AvgIpc) is 3.25. The highest BCUT2D eigenvalue weighted by molar-refractivity contribution is 6.09. The van der Waals surface area contributed by atoms with Gasteiger partial charge in [-0.25, -0.2) is 9.50 Å². The van der Waals surface area contributed by atoms with E-state index < -0.39 is 0 Å². The van der Waals surface area contributed by atoms with Crippen molar-refractivity contribution in [3.63, 3.8) is 0 Å². The maximum absolute atomic E-state index is 13.2. The van der Waals surface area contributed by atoms with Gasteiger partial charge in [0.15, 0.2) is 5.65 Å². The summed E-state index contributed by atoms with van der Waals surface area (Å²) in [7, 11) is 0. The van der Waals surface area contributed by atoms with Gasteiger partial charge in [-0.1, -0.05) is 30.3 Å². The molecular weight excluding hydrogens is 392 g/mol. The SMILES string of the molecule is CC1COCCN1c1ccncc1NC(=O)c1ccnn2cc(-c3ccccc3)nc12. The number of benzene rings is 1. The van der Waals surface area contributed by atoms with E-state index in [0.717, 1.165) is 23.5 Å². The number of pyridine rings is 1. The first-order valence-corrected chi connectivity index (χ1v) is 10.2. The summed E-state index contributed by atoms with van der Waals surface area (Å²) in [6.45, 7) is 4.17. The Kier molecular flexibility index (Phi) is 5.05. The predicted octanol–water partition coefficient (Wildman–Crippen LogP) is 3.27. The van der Waals surface area contributed by atoms with Crippen molar-refractivity contribution < 1.29 is 9.53 Å². The predicted molar refractivity (Wildman–Crippen MR) is 118 cm³/mol. The Morgan fingerprint density at radius 1 is 1.16 bits per heavy atom. The zero-order chi connectivity index (χ0) is 21.2. The van der Waals surface area contributed by atoms with Gasteiger partial charge in [0.2, 0.25) is 0 Å². The van der Waals surface area contributed by atoms with Gasteiger partial charge in [-0.2, -0.15) is 5.10 Å². The van der Waals surface area contributed by atoms with Gasteiger partial charge in [0.25, 0.3) is 5.91 Å². The van der Waals surface area contributed by atoms with Crippen LogP contribution in [0.5, 0.6) is 0 Å². The van der Waals surface area contributed by atoms with Crippen LogP contribution in [0.2, 0.25) is 0 Å². The molecule has 31 heavy (non-hydrogen) atoms. The van der Waals surface area contributed by atoms with E-state index in [9.17, 15) is 4.79 Å². The molecule has 1 atom stereocenters. The molecule has 0 radical (unpaired) electrons. The molecule has 1 unspecified atom stereocenters. The molecule has 1 saturated heterocycles. The number of aromatic nitrogens is 4. The lowest BCUT2D eigenvalue weighted by Crippen LogP contribution is -2.44. The van der Waals surface area contributed by atoms with Gasteiger partial charge in [-0.05, 0) is 19.1 Å². The smallest absolute Gasteiger partial charge is 0.259 e. The number of ether oxygens (including phenoxy) is 1. The number of carbonyl (C=O) groups excluding carboxylic acids is 1. The lowest BCUT2D eigenvalue weighted by molar-refractivity contribution is 0.0989. The first-order chi connectivity index (χ1) is 15.2. The number of imidazole rings is 1. The van der Waals surface area contributed by atoms with Crippen molar-refractivity contribution in [1.82, 2.24) is 19.6 Å². The number of rotatable bonds is 4. The molecule has 156 valence electrons. The van der Waals surface area contributed by atoms with Crippen LogP contribution in [0.25, 0.3) is 16.9 Å². The van der Waals surface area contributed by atoms with E-state index in [2.05, 4.69) is 32.2 Å². The summed E-state index contributed by atoms with van der Waals surface area (Å²) in [5.74, 6) is -0.257. The third-order valence-electron chi connectivity index (χ3n) is 5.40. The van der Waals surface area contributed by atoms with Gasteiger partial charge in [0, 0.05) is 30.5 Å². The van der Waals surface area contributed by atoms with Crippen LogP contribution in [0.4, 0.5) is 11.4 Å². The van der Waals surface area contributed by atoms with Crippen molar-refractivity contribution in [2.24, 2.45) is 0 Å². The van der Waals surface area contributed by atoms with Crippen molar-refractivity contribution in [2.75, 3.05) is 30.0 Å². The molecule has 0 aliphatic carbocycles. The number of fused-ring (bicyclic) bond motifs is 1. The Balaban J connectivity index is 1.47. The van der Waals surface area contributed by atoms with E-state index >= 15 is 0 Å². The number of amides is 1. The van der Waals surface area contributed by atoms with Gasteiger partial charge in [-0.15, -0.1) is 0 Å². The number of hydrogen-bond donors (Lipinski definition) is 1. The summed E-state index contributed by atoms with van der Waals surface area (Å²) in [5, 5.41) is 7.34. The summed E-state index contributed by atoms with van der Waals surface area (Å²) in [6, 6.07) is 13.6. The average molecular weight is 414 g/mol. The van der Waals surface area contributed by atoms with Crippen molar-refractivity contribution >= 4 is 22.9 Å². The maximum Gasteiger partial charge on any atom is 0.259 e. The topological polar surface area (TPSA) is 84.6 Å². The van der Waals surface area contributed by atoms with Gasteiger partial charge < -0.3 is 15.0 Å². The van der Waals surface area contributed by atoms with Crippen LogP contribution in [0.15, 0.2) is 67.3 Å². The van der Waals surface area contributed by atoms with Crippen molar-refractivity contribution in [2.45, 2.75) is 13.0 Å². The molecular formula is C23H22N6O2. The molecule has 8 nitrogen and oxygen atoms in total. The van der Waals surface area contributed by atoms with Gasteiger partial charge in [0.05, 0.1) is 48.2 Å². The van der Waals surface area contributed by atoms with Crippen LogP contribution >= 0.6 is 0 Å². The largest absolute Gasteiger partial charge is 0.377 e. The third kappa shape index (κ3) is 3.73. The van der Waals surface area contributed by atoms with E-state index in [1.807, 2.05) is 42.6 Å². The standard InChI is InChI=1S/C23H22N6O2/c1-16-15-31-12-11-28(16)21-8-9-24-13-19(21)27-23(30)18-7-10-25-29-14-20(26-22(18)29)17-5-3-2-4-6-17/h2-10,13-14,16H,11-12,15H2,1H3,(H,27,30). The Labute approximate surface area is 179 Å². The monoisotopic (exact) mass is 414 g/mol. The molecule has 1 aliphatic heterocycles. The molecule has 4 heterocycles. The third-order valence-corrected chi connectivity index (χ3v) is 5.40. The molecule has 0 spiro atoms. The molecule has 1 amide bonds. The second kappa shape index (κ2) is 8.16. The molecule has 3 aromatic heterocycles. The molecule has 1 aromatic carbocycles. The Bertz CT molecular complexity index is 1220. The van der Waals surface area contributed by atoms with Crippen LogP contribution in [0.3, 0.4) is 0 Å². The van der Waals surface area contributed by atoms with Crippen LogP contribution in [0.1, 0.15) is 17.3 Å². The highest BCUT2D eigenvalue weighted by Crippen LogP contribution is 2.28. The number of nitrogens with one attached hydrogen (secondary N) is 1. The lowest BCUT2D eigenvalue weighted by atomic mass is 10.2. The first-order valence-electron chi connectivity index (χ1n) is 10.2. The zero-order valence-corrected chi connectivity index (χ0v) is 17.1. The van der Waals surface area contributed by atoms with Gasteiger partial charge >= 0.3 is 0 Å². The highest BCUT2D eigenvalue weighted by Gasteiger charge is 2.23. The second-order valence-electron chi connectivity index (χ2n) is 7.47. The number of anilines is 2. The zero-order valence-electron chi connectivity index (χ0n) is 17.1. The van der Waals surface area contributed by atoms with E-state index in [-0.39, 0.29) is 11.9 Å².